The number of rotatable bonds is 2. The third-order valence-electron chi connectivity index (χ3n) is 2.43. The fourth-order valence-electron chi connectivity index (χ4n) is 1.70. The fourth-order valence-corrected chi connectivity index (χ4v) is 1.70. The summed E-state index contributed by atoms with van der Waals surface area (Å²) in [5.74, 6) is 0. The predicted molar refractivity (Wildman–Crippen MR) is 63.3 cm³/mol. The van der Waals surface area contributed by atoms with Crippen molar-refractivity contribution >= 4 is 17.9 Å². The first kappa shape index (κ1) is 9.66. The van der Waals surface area contributed by atoms with Gasteiger partial charge in [0.2, 0.25) is 0 Å². The van der Waals surface area contributed by atoms with E-state index in [4.69, 9.17) is 0 Å². The first-order valence-corrected chi connectivity index (χ1v) is 4.92. The highest BCUT2D eigenvalue weighted by atomic mass is 16.1. The summed E-state index contributed by atoms with van der Waals surface area (Å²) < 4.78 is 0. The van der Waals surface area contributed by atoms with Crippen LogP contribution >= 0.6 is 0 Å². The smallest absolute Gasteiger partial charge is 0.143 e. The number of aldehydes is 1. The van der Waals surface area contributed by atoms with E-state index in [2.05, 4.69) is 24.3 Å². The molecule has 1 nitrogen and oxygen atoms in total. The van der Waals surface area contributed by atoms with E-state index < -0.39 is 0 Å². The molecule has 0 unspecified atom stereocenters. The number of allylic oxidation sites excluding steroid dienone is 5. The standard InChI is InChI=1S/C14H12O/c1-11(8-9-15)10-13-7-6-12-4-2-3-5-14(12)13/h2-10H,1H3/b11-8+,13-10+. The Morgan fingerprint density at radius 2 is 2.00 bits per heavy atom. The molecule has 0 bridgehead atoms. The van der Waals surface area contributed by atoms with Gasteiger partial charge >= 0.3 is 0 Å². The van der Waals surface area contributed by atoms with Crippen LogP contribution < -0.4 is 0 Å². The van der Waals surface area contributed by atoms with Crippen molar-refractivity contribution < 1.29 is 4.79 Å². The first-order valence-electron chi connectivity index (χ1n) is 4.92. The van der Waals surface area contributed by atoms with Crippen molar-refractivity contribution in [2.75, 3.05) is 0 Å². The average Bonchev–Trinajstić information content (AvgIpc) is 2.62. The molecule has 0 spiro atoms. The van der Waals surface area contributed by atoms with Gasteiger partial charge in [0.15, 0.2) is 0 Å². The number of hydrogen-bond acceptors (Lipinski definition) is 1. The second-order valence-electron chi connectivity index (χ2n) is 3.57. The van der Waals surface area contributed by atoms with Gasteiger partial charge in [-0.05, 0) is 35.3 Å². The summed E-state index contributed by atoms with van der Waals surface area (Å²) in [6, 6.07) is 8.24. The summed E-state index contributed by atoms with van der Waals surface area (Å²) >= 11 is 0. The second kappa shape index (κ2) is 4.09. The minimum Gasteiger partial charge on any atom is -0.299 e. The van der Waals surface area contributed by atoms with Crippen LogP contribution in [0.2, 0.25) is 0 Å². The van der Waals surface area contributed by atoms with E-state index in [1.165, 1.54) is 16.7 Å². The third-order valence-corrected chi connectivity index (χ3v) is 2.43. The maximum absolute atomic E-state index is 10.3. The molecule has 2 rings (SSSR count). The summed E-state index contributed by atoms with van der Waals surface area (Å²) in [5.41, 5.74) is 4.61. The fraction of sp³-hybridized carbons (Fsp3) is 0.0714. The van der Waals surface area contributed by atoms with Gasteiger partial charge in [-0.2, -0.15) is 0 Å². The molecule has 0 saturated heterocycles. The normalized spacial score (nSPS) is 16.9. The van der Waals surface area contributed by atoms with Crippen LogP contribution in [-0.2, 0) is 4.79 Å². The van der Waals surface area contributed by atoms with E-state index in [0.717, 1.165) is 11.9 Å². The van der Waals surface area contributed by atoms with Crippen molar-refractivity contribution in [3.05, 3.63) is 59.2 Å². The zero-order chi connectivity index (χ0) is 10.7. The SMILES string of the molecule is CC(=C\C=O)/C=C1\C=Cc2ccccc21. The predicted octanol–water partition coefficient (Wildman–Crippen LogP) is 3.24. The molecule has 0 N–H and O–H groups in total. The molecule has 1 aromatic carbocycles. The van der Waals surface area contributed by atoms with Gasteiger partial charge in [-0.25, -0.2) is 0 Å². The van der Waals surface area contributed by atoms with Gasteiger partial charge in [0, 0.05) is 0 Å². The molecule has 0 amide bonds. The number of benzene rings is 1. The van der Waals surface area contributed by atoms with Gasteiger partial charge < -0.3 is 0 Å². The lowest BCUT2D eigenvalue weighted by Crippen LogP contribution is -1.80. The summed E-state index contributed by atoms with van der Waals surface area (Å²) in [6.07, 6.45) is 8.58. The maximum Gasteiger partial charge on any atom is 0.143 e. The van der Waals surface area contributed by atoms with E-state index in [1.54, 1.807) is 6.08 Å². The lowest BCUT2D eigenvalue weighted by molar-refractivity contribution is -0.104. The second-order valence-corrected chi connectivity index (χ2v) is 3.57. The highest BCUT2D eigenvalue weighted by Crippen LogP contribution is 2.29. The van der Waals surface area contributed by atoms with Crippen molar-refractivity contribution in [2.24, 2.45) is 0 Å². The molecule has 0 atom stereocenters. The van der Waals surface area contributed by atoms with E-state index in [9.17, 15) is 4.79 Å². The van der Waals surface area contributed by atoms with Crippen molar-refractivity contribution in [3.8, 4) is 0 Å². The lowest BCUT2D eigenvalue weighted by Gasteiger charge is -2.00. The third kappa shape index (κ3) is 1.96. The molecule has 1 heteroatoms. The summed E-state index contributed by atoms with van der Waals surface area (Å²) in [5, 5.41) is 0. The molecule has 15 heavy (non-hydrogen) atoms. The van der Waals surface area contributed by atoms with Crippen LogP contribution in [0.25, 0.3) is 11.6 Å². The van der Waals surface area contributed by atoms with E-state index in [1.807, 2.05) is 25.1 Å². The van der Waals surface area contributed by atoms with E-state index in [0.29, 0.717) is 0 Å². The maximum atomic E-state index is 10.3. The lowest BCUT2D eigenvalue weighted by atomic mass is 10.0. The van der Waals surface area contributed by atoms with Crippen molar-refractivity contribution in [2.45, 2.75) is 6.92 Å². The Bertz CT molecular complexity index is 476. The minimum absolute atomic E-state index is 0.816. The van der Waals surface area contributed by atoms with Crippen LogP contribution in [-0.4, -0.2) is 6.29 Å². The molecule has 0 saturated carbocycles. The van der Waals surface area contributed by atoms with Crippen LogP contribution in [0.3, 0.4) is 0 Å². The molecule has 0 radical (unpaired) electrons. The van der Waals surface area contributed by atoms with Gasteiger partial charge in [0.05, 0.1) is 0 Å². The molecule has 74 valence electrons. The quantitative estimate of drug-likeness (QED) is 0.524. The van der Waals surface area contributed by atoms with E-state index >= 15 is 0 Å². The Morgan fingerprint density at radius 1 is 1.20 bits per heavy atom. The molecular formula is C14H12O. The molecule has 0 fully saturated rings. The van der Waals surface area contributed by atoms with Crippen LogP contribution in [0.1, 0.15) is 18.1 Å². The first-order chi connectivity index (χ1) is 7.31. The molecule has 1 aromatic rings. The highest BCUT2D eigenvalue weighted by molar-refractivity contribution is 5.91. The average molecular weight is 196 g/mol. The summed E-state index contributed by atoms with van der Waals surface area (Å²) in [7, 11) is 0. The topological polar surface area (TPSA) is 17.1 Å². The van der Waals surface area contributed by atoms with Crippen molar-refractivity contribution in [1.82, 2.24) is 0 Å². The monoisotopic (exact) mass is 196 g/mol. The number of carbonyl (C=O) groups is 1. The summed E-state index contributed by atoms with van der Waals surface area (Å²) in [4.78, 5) is 10.3. The Hall–Kier alpha value is -1.89. The van der Waals surface area contributed by atoms with Gasteiger partial charge in [-0.1, -0.05) is 42.5 Å². The number of hydrogen-bond donors (Lipinski definition) is 0. The molecule has 0 aliphatic heterocycles. The molecule has 0 aromatic heterocycles. The number of fused-ring (bicyclic) bond motifs is 1. The summed E-state index contributed by atoms with van der Waals surface area (Å²) in [6.45, 7) is 1.93. The Labute approximate surface area is 89.4 Å². The van der Waals surface area contributed by atoms with E-state index in [-0.39, 0.29) is 0 Å². The van der Waals surface area contributed by atoms with Crippen molar-refractivity contribution in [1.29, 1.82) is 0 Å². The number of carbonyl (C=O) groups excluding carboxylic acids is 1. The Morgan fingerprint density at radius 3 is 2.80 bits per heavy atom. The van der Waals surface area contributed by atoms with Crippen LogP contribution in [0.4, 0.5) is 0 Å². The van der Waals surface area contributed by atoms with Crippen LogP contribution in [0, 0.1) is 0 Å². The van der Waals surface area contributed by atoms with Crippen molar-refractivity contribution in [3.63, 3.8) is 0 Å². The van der Waals surface area contributed by atoms with Gasteiger partial charge in [-0.3, -0.25) is 4.79 Å². The largest absolute Gasteiger partial charge is 0.299 e. The van der Waals surface area contributed by atoms with Gasteiger partial charge in [0.25, 0.3) is 0 Å². The Balaban J connectivity index is 2.40. The molecule has 1 aliphatic rings. The van der Waals surface area contributed by atoms with Gasteiger partial charge in [0.1, 0.15) is 6.29 Å². The minimum atomic E-state index is 0.816. The van der Waals surface area contributed by atoms with Crippen LogP contribution in [0.5, 0.6) is 0 Å². The Kier molecular flexibility index (Phi) is 2.64. The van der Waals surface area contributed by atoms with Gasteiger partial charge in [-0.15, -0.1) is 0 Å². The highest BCUT2D eigenvalue weighted by Gasteiger charge is 2.08. The zero-order valence-electron chi connectivity index (χ0n) is 8.60. The zero-order valence-corrected chi connectivity index (χ0v) is 8.60. The molecule has 1 aliphatic carbocycles. The molecular weight excluding hydrogens is 184 g/mol. The van der Waals surface area contributed by atoms with Crippen LogP contribution in [0.15, 0.2) is 48.1 Å². The molecule has 0 heterocycles.